The van der Waals surface area contributed by atoms with Crippen LogP contribution in [0.25, 0.3) is 0 Å². The third-order valence-corrected chi connectivity index (χ3v) is 5.33. The summed E-state index contributed by atoms with van der Waals surface area (Å²) in [5.74, 6) is 0. The molecule has 0 spiro atoms. The van der Waals surface area contributed by atoms with Crippen molar-refractivity contribution in [1.29, 1.82) is 0 Å². The predicted octanol–water partition coefficient (Wildman–Crippen LogP) is 5.39. The van der Waals surface area contributed by atoms with Gasteiger partial charge >= 0.3 is 0 Å². The fraction of sp³-hybridized carbons (Fsp3) is 0.250. The largest absolute Gasteiger partial charge is 0.370 e. The Morgan fingerprint density at radius 2 is 1.42 bits per heavy atom. The lowest BCUT2D eigenvalue weighted by Crippen LogP contribution is -2.55. The van der Waals surface area contributed by atoms with Crippen molar-refractivity contribution in [2.45, 2.75) is 31.7 Å². The van der Waals surface area contributed by atoms with Crippen molar-refractivity contribution in [3.63, 3.8) is 0 Å². The molecular weight excluding hydrogens is 318 g/mol. The molecule has 1 fully saturated rings. The number of likely N-dealkylation sites (tertiary alicyclic amines) is 1. The van der Waals surface area contributed by atoms with E-state index in [1.807, 2.05) is 6.07 Å². The number of ether oxygens (including phenoxy) is 1. The van der Waals surface area contributed by atoms with E-state index in [1.165, 1.54) is 16.7 Å². The summed E-state index contributed by atoms with van der Waals surface area (Å²) in [5.41, 5.74) is 3.92. The van der Waals surface area contributed by atoms with Crippen molar-refractivity contribution in [2.75, 3.05) is 6.54 Å². The standard InChI is InChI=1S/C24H25NO/c1-19(21-13-7-3-8-14-21)25-17-23(24(25)22-15-9-4-10-16-22)26-18-20-11-5-2-6-12-20/h2-16,19,23-24H,17-18H2,1H3. The van der Waals surface area contributed by atoms with Crippen LogP contribution in [0, 0.1) is 0 Å². The lowest BCUT2D eigenvalue weighted by molar-refractivity contribution is -0.129. The van der Waals surface area contributed by atoms with Gasteiger partial charge in [0.25, 0.3) is 0 Å². The van der Waals surface area contributed by atoms with Gasteiger partial charge in [0, 0.05) is 12.6 Å². The van der Waals surface area contributed by atoms with Crippen LogP contribution in [0.3, 0.4) is 0 Å². The molecule has 0 aromatic heterocycles. The summed E-state index contributed by atoms with van der Waals surface area (Å²) < 4.78 is 6.31. The second-order valence-corrected chi connectivity index (χ2v) is 6.97. The average Bonchev–Trinajstić information content (AvgIpc) is 2.69. The van der Waals surface area contributed by atoms with Crippen molar-refractivity contribution in [3.05, 3.63) is 108 Å². The zero-order valence-electron chi connectivity index (χ0n) is 15.2. The van der Waals surface area contributed by atoms with Crippen LogP contribution in [0.15, 0.2) is 91.0 Å². The van der Waals surface area contributed by atoms with Gasteiger partial charge in [-0.2, -0.15) is 0 Å². The van der Waals surface area contributed by atoms with Crippen LogP contribution < -0.4 is 0 Å². The van der Waals surface area contributed by atoms with Crippen LogP contribution in [0.1, 0.15) is 35.7 Å². The van der Waals surface area contributed by atoms with Gasteiger partial charge in [-0.3, -0.25) is 4.90 Å². The Bertz CT molecular complexity index is 803. The molecule has 3 aromatic rings. The second-order valence-electron chi connectivity index (χ2n) is 6.97. The number of rotatable bonds is 6. The lowest BCUT2D eigenvalue weighted by atomic mass is 9.88. The molecule has 2 heteroatoms. The molecule has 1 saturated heterocycles. The normalized spacial score (nSPS) is 21.1. The first-order valence-electron chi connectivity index (χ1n) is 9.34. The van der Waals surface area contributed by atoms with Crippen molar-refractivity contribution in [1.82, 2.24) is 4.90 Å². The summed E-state index contributed by atoms with van der Waals surface area (Å²) >= 11 is 0. The van der Waals surface area contributed by atoms with E-state index in [4.69, 9.17) is 4.74 Å². The first-order chi connectivity index (χ1) is 12.8. The maximum absolute atomic E-state index is 6.31. The van der Waals surface area contributed by atoms with Crippen LogP contribution in [0.2, 0.25) is 0 Å². The summed E-state index contributed by atoms with van der Waals surface area (Å²) in [6.07, 6.45) is 0.226. The minimum Gasteiger partial charge on any atom is -0.370 e. The minimum absolute atomic E-state index is 0.226. The van der Waals surface area contributed by atoms with Crippen molar-refractivity contribution >= 4 is 0 Å². The molecule has 26 heavy (non-hydrogen) atoms. The van der Waals surface area contributed by atoms with Crippen molar-refractivity contribution in [2.24, 2.45) is 0 Å². The molecule has 1 heterocycles. The van der Waals surface area contributed by atoms with Crippen LogP contribution in [0.4, 0.5) is 0 Å². The third-order valence-electron chi connectivity index (χ3n) is 5.33. The monoisotopic (exact) mass is 343 g/mol. The molecule has 1 aliphatic rings. The number of hydrogen-bond acceptors (Lipinski definition) is 2. The highest BCUT2D eigenvalue weighted by molar-refractivity contribution is 5.27. The summed E-state index contributed by atoms with van der Waals surface area (Å²) in [6, 6.07) is 32.6. The predicted molar refractivity (Wildman–Crippen MR) is 106 cm³/mol. The quantitative estimate of drug-likeness (QED) is 0.595. The van der Waals surface area contributed by atoms with E-state index >= 15 is 0 Å². The van der Waals surface area contributed by atoms with Gasteiger partial charge in [0.1, 0.15) is 0 Å². The number of hydrogen-bond donors (Lipinski definition) is 0. The van der Waals surface area contributed by atoms with E-state index < -0.39 is 0 Å². The van der Waals surface area contributed by atoms with Gasteiger partial charge in [-0.25, -0.2) is 0 Å². The highest BCUT2D eigenvalue weighted by Gasteiger charge is 2.43. The first kappa shape index (κ1) is 17.0. The smallest absolute Gasteiger partial charge is 0.0903 e. The van der Waals surface area contributed by atoms with Crippen molar-refractivity contribution < 1.29 is 4.74 Å². The molecule has 3 atom stereocenters. The Morgan fingerprint density at radius 1 is 0.846 bits per heavy atom. The molecule has 132 valence electrons. The van der Waals surface area contributed by atoms with Crippen LogP contribution in [-0.2, 0) is 11.3 Å². The molecule has 0 bridgehead atoms. The summed E-state index contributed by atoms with van der Waals surface area (Å²) in [7, 11) is 0. The van der Waals surface area contributed by atoms with Gasteiger partial charge in [0.05, 0.1) is 18.8 Å². The fourth-order valence-electron chi connectivity index (χ4n) is 3.80. The van der Waals surface area contributed by atoms with Gasteiger partial charge in [-0.05, 0) is 23.6 Å². The molecule has 0 radical (unpaired) electrons. The van der Waals surface area contributed by atoms with E-state index in [1.54, 1.807) is 0 Å². The van der Waals surface area contributed by atoms with Gasteiger partial charge in [0.2, 0.25) is 0 Å². The van der Waals surface area contributed by atoms with E-state index in [0.717, 1.165) is 6.54 Å². The summed E-state index contributed by atoms with van der Waals surface area (Å²) in [4.78, 5) is 2.54. The Hall–Kier alpha value is -2.42. The topological polar surface area (TPSA) is 12.5 Å². The highest BCUT2D eigenvalue weighted by atomic mass is 16.5. The number of benzene rings is 3. The Kier molecular flexibility index (Phi) is 5.14. The van der Waals surface area contributed by atoms with E-state index in [9.17, 15) is 0 Å². The van der Waals surface area contributed by atoms with E-state index in [0.29, 0.717) is 18.7 Å². The highest BCUT2D eigenvalue weighted by Crippen LogP contribution is 2.42. The summed E-state index contributed by atoms with van der Waals surface area (Å²) in [6.45, 7) is 3.92. The van der Waals surface area contributed by atoms with Crippen LogP contribution in [-0.4, -0.2) is 17.5 Å². The molecule has 1 aliphatic heterocycles. The zero-order chi connectivity index (χ0) is 17.8. The van der Waals surface area contributed by atoms with Gasteiger partial charge < -0.3 is 4.74 Å². The van der Waals surface area contributed by atoms with Gasteiger partial charge in [-0.1, -0.05) is 91.0 Å². The maximum Gasteiger partial charge on any atom is 0.0903 e. The Labute approximate surface area is 156 Å². The summed E-state index contributed by atoms with van der Waals surface area (Å²) in [5, 5.41) is 0. The lowest BCUT2D eigenvalue weighted by Gasteiger charge is -2.51. The molecule has 0 amide bonds. The van der Waals surface area contributed by atoms with Crippen molar-refractivity contribution in [3.8, 4) is 0 Å². The average molecular weight is 343 g/mol. The molecular formula is C24H25NO. The fourth-order valence-corrected chi connectivity index (χ4v) is 3.80. The minimum atomic E-state index is 0.226. The molecule has 2 nitrogen and oxygen atoms in total. The molecule has 3 aromatic carbocycles. The zero-order valence-corrected chi connectivity index (χ0v) is 15.2. The maximum atomic E-state index is 6.31. The molecule has 4 rings (SSSR count). The first-order valence-corrected chi connectivity index (χ1v) is 9.34. The second kappa shape index (κ2) is 7.86. The van der Waals surface area contributed by atoms with Crippen LogP contribution in [0.5, 0.6) is 0 Å². The molecule has 0 N–H and O–H groups in total. The molecule has 3 unspecified atom stereocenters. The number of nitrogens with zero attached hydrogens (tertiary/aromatic N) is 1. The van der Waals surface area contributed by atoms with Gasteiger partial charge in [0.15, 0.2) is 0 Å². The van der Waals surface area contributed by atoms with Gasteiger partial charge in [-0.15, -0.1) is 0 Å². The van der Waals surface area contributed by atoms with E-state index in [-0.39, 0.29) is 6.10 Å². The van der Waals surface area contributed by atoms with E-state index in [2.05, 4.69) is 96.8 Å². The third kappa shape index (κ3) is 3.57. The molecule has 0 saturated carbocycles. The molecule has 0 aliphatic carbocycles. The van der Waals surface area contributed by atoms with Crippen LogP contribution >= 0.6 is 0 Å². The Morgan fingerprint density at radius 3 is 2.08 bits per heavy atom. The Balaban J connectivity index is 1.51. The SMILES string of the molecule is CC(c1ccccc1)N1CC(OCc2ccccc2)C1c1ccccc1.